The van der Waals surface area contributed by atoms with E-state index in [2.05, 4.69) is 10.2 Å². The van der Waals surface area contributed by atoms with Crippen molar-refractivity contribution in [2.45, 2.75) is 25.3 Å². The number of nitrogens with one attached hydrogen (secondary N) is 1. The highest BCUT2D eigenvalue weighted by Crippen LogP contribution is 2.44. The molecule has 0 unspecified atom stereocenters. The molecule has 2 N–H and O–H groups in total. The Morgan fingerprint density at radius 3 is 2.43 bits per heavy atom. The van der Waals surface area contributed by atoms with Crippen LogP contribution < -0.4 is 5.32 Å². The fourth-order valence-electron chi connectivity index (χ4n) is 3.37. The normalized spacial score (nSPS) is 19.7. The zero-order valence-corrected chi connectivity index (χ0v) is 14.4. The molecule has 2 fully saturated rings. The Morgan fingerprint density at radius 2 is 1.91 bits per heavy atom. The quantitative estimate of drug-likeness (QED) is 0.868. The smallest absolute Gasteiger partial charge is 0.166 e. The molecule has 1 heterocycles. The van der Waals surface area contributed by atoms with Crippen molar-refractivity contribution in [3.05, 3.63) is 29.1 Å². The van der Waals surface area contributed by atoms with Gasteiger partial charge in [0.1, 0.15) is 0 Å². The molecule has 1 atom stereocenters. The second kappa shape index (κ2) is 8.70. The van der Waals surface area contributed by atoms with Crippen molar-refractivity contribution in [1.82, 2.24) is 10.2 Å². The SMILES string of the molecule is Cl.Cl.N#Cc1cc(F)c(O)c([C@@H](C2CCC2)N2CCNCC2)c1. The average molecular weight is 362 g/mol. The van der Waals surface area contributed by atoms with Gasteiger partial charge in [0.15, 0.2) is 11.6 Å². The molecule has 1 saturated heterocycles. The molecular weight excluding hydrogens is 340 g/mol. The largest absolute Gasteiger partial charge is 0.505 e. The zero-order valence-electron chi connectivity index (χ0n) is 12.8. The predicted molar refractivity (Wildman–Crippen MR) is 91.8 cm³/mol. The van der Waals surface area contributed by atoms with Crippen molar-refractivity contribution in [3.8, 4) is 11.8 Å². The summed E-state index contributed by atoms with van der Waals surface area (Å²) in [6.45, 7) is 3.59. The van der Waals surface area contributed by atoms with Gasteiger partial charge < -0.3 is 10.4 Å². The van der Waals surface area contributed by atoms with E-state index in [0.29, 0.717) is 11.5 Å². The fourth-order valence-corrected chi connectivity index (χ4v) is 3.37. The summed E-state index contributed by atoms with van der Waals surface area (Å²) < 4.78 is 13.9. The molecule has 1 aromatic rings. The van der Waals surface area contributed by atoms with Crippen LogP contribution in [0, 0.1) is 23.1 Å². The molecule has 1 aliphatic heterocycles. The summed E-state index contributed by atoms with van der Waals surface area (Å²) in [5.74, 6) is -0.532. The first-order valence-electron chi connectivity index (χ1n) is 7.58. The molecule has 0 spiro atoms. The molecule has 128 valence electrons. The number of nitrogens with zero attached hydrogens (tertiary/aromatic N) is 2. The van der Waals surface area contributed by atoms with Gasteiger partial charge in [-0.05, 0) is 30.9 Å². The van der Waals surface area contributed by atoms with Crippen LogP contribution in [0.4, 0.5) is 4.39 Å². The van der Waals surface area contributed by atoms with Gasteiger partial charge in [-0.1, -0.05) is 6.42 Å². The molecular formula is C16H22Cl2FN3O. The average Bonchev–Trinajstić information content (AvgIpc) is 2.46. The number of nitriles is 1. The van der Waals surface area contributed by atoms with Crippen molar-refractivity contribution in [2.24, 2.45) is 5.92 Å². The third-order valence-electron chi connectivity index (χ3n) is 4.68. The highest BCUT2D eigenvalue weighted by Gasteiger charge is 2.35. The fraction of sp³-hybridized carbons (Fsp3) is 0.562. The second-order valence-electron chi connectivity index (χ2n) is 5.93. The maximum absolute atomic E-state index is 13.9. The molecule has 0 radical (unpaired) electrons. The molecule has 7 heteroatoms. The Morgan fingerprint density at radius 1 is 1.26 bits per heavy atom. The van der Waals surface area contributed by atoms with E-state index in [4.69, 9.17) is 5.26 Å². The maximum atomic E-state index is 13.9. The summed E-state index contributed by atoms with van der Waals surface area (Å²) in [5.41, 5.74) is 0.859. The monoisotopic (exact) mass is 361 g/mol. The lowest BCUT2D eigenvalue weighted by atomic mass is 9.75. The van der Waals surface area contributed by atoms with Crippen LogP contribution in [0.15, 0.2) is 12.1 Å². The van der Waals surface area contributed by atoms with Crippen LogP contribution in [-0.2, 0) is 0 Å². The molecule has 1 saturated carbocycles. The molecule has 23 heavy (non-hydrogen) atoms. The van der Waals surface area contributed by atoms with Crippen molar-refractivity contribution < 1.29 is 9.50 Å². The summed E-state index contributed by atoms with van der Waals surface area (Å²) in [4.78, 5) is 2.32. The van der Waals surface area contributed by atoms with E-state index in [-0.39, 0.29) is 42.2 Å². The summed E-state index contributed by atoms with van der Waals surface area (Å²) in [6.07, 6.45) is 3.40. The Balaban J connectivity index is 0.00000132. The van der Waals surface area contributed by atoms with Crippen LogP contribution in [0.3, 0.4) is 0 Å². The molecule has 0 aromatic heterocycles. The maximum Gasteiger partial charge on any atom is 0.166 e. The van der Waals surface area contributed by atoms with Crippen LogP contribution in [-0.4, -0.2) is 36.2 Å². The van der Waals surface area contributed by atoms with Crippen molar-refractivity contribution >= 4 is 24.8 Å². The lowest BCUT2D eigenvalue weighted by Gasteiger charge is -2.43. The zero-order chi connectivity index (χ0) is 14.8. The Labute approximate surface area is 148 Å². The van der Waals surface area contributed by atoms with Gasteiger partial charge in [0.25, 0.3) is 0 Å². The molecule has 2 aliphatic rings. The number of phenolic OH excluding ortho intramolecular Hbond substituents is 1. The molecule has 1 aliphatic carbocycles. The van der Waals surface area contributed by atoms with Gasteiger partial charge >= 0.3 is 0 Å². The first-order valence-corrected chi connectivity index (χ1v) is 7.58. The van der Waals surface area contributed by atoms with Crippen LogP contribution in [0.25, 0.3) is 0 Å². The molecule has 3 rings (SSSR count). The Hall–Kier alpha value is -1.06. The summed E-state index contributed by atoms with van der Waals surface area (Å²) >= 11 is 0. The number of phenols is 1. The van der Waals surface area contributed by atoms with Crippen molar-refractivity contribution in [3.63, 3.8) is 0 Å². The summed E-state index contributed by atoms with van der Waals surface area (Å²) in [6, 6.07) is 4.77. The number of hydrogen-bond acceptors (Lipinski definition) is 4. The molecule has 0 amide bonds. The van der Waals surface area contributed by atoms with E-state index < -0.39 is 5.82 Å². The number of hydrogen-bond donors (Lipinski definition) is 2. The van der Waals surface area contributed by atoms with E-state index in [0.717, 1.165) is 45.1 Å². The van der Waals surface area contributed by atoms with E-state index in [1.165, 1.54) is 6.42 Å². The second-order valence-corrected chi connectivity index (χ2v) is 5.93. The topological polar surface area (TPSA) is 59.3 Å². The van der Waals surface area contributed by atoms with Crippen LogP contribution in [0.1, 0.15) is 36.4 Å². The standard InChI is InChI=1S/C16H20FN3O.2ClH/c17-14-9-11(10-18)8-13(16(14)21)15(12-2-1-3-12)20-6-4-19-5-7-20;;/h8-9,12,15,19,21H,1-7H2;2*1H/t15-;;/m1../s1. The Bertz CT molecular complexity index is 569. The number of piperazine rings is 1. The summed E-state index contributed by atoms with van der Waals surface area (Å²) in [5, 5.41) is 22.5. The minimum atomic E-state index is -0.691. The van der Waals surface area contributed by atoms with E-state index in [1.807, 2.05) is 6.07 Å². The number of benzene rings is 1. The summed E-state index contributed by atoms with van der Waals surface area (Å²) in [7, 11) is 0. The molecule has 1 aromatic carbocycles. The predicted octanol–water partition coefficient (Wildman–Crippen LogP) is 2.99. The molecule has 0 bridgehead atoms. The van der Waals surface area contributed by atoms with Gasteiger partial charge in [-0.25, -0.2) is 4.39 Å². The van der Waals surface area contributed by atoms with Gasteiger partial charge in [0, 0.05) is 37.8 Å². The van der Waals surface area contributed by atoms with Gasteiger partial charge in [-0.2, -0.15) is 5.26 Å². The Kier molecular flexibility index (Phi) is 7.56. The van der Waals surface area contributed by atoms with Crippen LogP contribution >= 0.6 is 24.8 Å². The van der Waals surface area contributed by atoms with Crippen molar-refractivity contribution in [1.29, 1.82) is 5.26 Å². The first kappa shape index (κ1) is 20.0. The third kappa shape index (κ3) is 4.07. The van der Waals surface area contributed by atoms with Crippen molar-refractivity contribution in [2.75, 3.05) is 26.2 Å². The van der Waals surface area contributed by atoms with Gasteiger partial charge in [0.2, 0.25) is 0 Å². The number of aromatic hydroxyl groups is 1. The minimum Gasteiger partial charge on any atom is -0.505 e. The lowest BCUT2D eigenvalue weighted by Crippen LogP contribution is -2.47. The van der Waals surface area contributed by atoms with E-state index in [1.54, 1.807) is 6.07 Å². The van der Waals surface area contributed by atoms with Gasteiger partial charge in [-0.3, -0.25) is 4.90 Å². The molecule has 4 nitrogen and oxygen atoms in total. The van der Waals surface area contributed by atoms with E-state index in [9.17, 15) is 9.50 Å². The third-order valence-corrected chi connectivity index (χ3v) is 4.68. The number of halogens is 3. The lowest BCUT2D eigenvalue weighted by molar-refractivity contribution is 0.0815. The van der Waals surface area contributed by atoms with Gasteiger partial charge in [0.05, 0.1) is 11.6 Å². The number of rotatable bonds is 3. The van der Waals surface area contributed by atoms with Gasteiger partial charge in [-0.15, -0.1) is 24.8 Å². The minimum absolute atomic E-state index is 0. The van der Waals surface area contributed by atoms with E-state index >= 15 is 0 Å². The first-order chi connectivity index (χ1) is 10.2. The van der Waals surface area contributed by atoms with Crippen LogP contribution in [0.2, 0.25) is 0 Å². The van der Waals surface area contributed by atoms with Crippen LogP contribution in [0.5, 0.6) is 5.75 Å². The highest BCUT2D eigenvalue weighted by atomic mass is 35.5. The highest BCUT2D eigenvalue weighted by molar-refractivity contribution is 5.85.